The van der Waals surface area contributed by atoms with Crippen LogP contribution < -0.4 is 4.72 Å². The van der Waals surface area contributed by atoms with Gasteiger partial charge in [-0.3, -0.25) is 4.72 Å². The first kappa shape index (κ1) is 15.0. The van der Waals surface area contributed by atoms with Gasteiger partial charge < -0.3 is 9.52 Å². The molecule has 0 spiro atoms. The Labute approximate surface area is 123 Å². The van der Waals surface area contributed by atoms with E-state index in [2.05, 4.69) is 20.7 Å². The number of benzene rings is 1. The van der Waals surface area contributed by atoms with Crippen molar-refractivity contribution in [3.63, 3.8) is 0 Å². The van der Waals surface area contributed by atoms with E-state index in [1.807, 2.05) is 0 Å². The van der Waals surface area contributed by atoms with Crippen LogP contribution in [0, 0.1) is 12.7 Å². The highest BCUT2D eigenvalue weighted by Crippen LogP contribution is 2.28. The van der Waals surface area contributed by atoms with Gasteiger partial charge in [0.05, 0.1) is 5.69 Å². The maximum Gasteiger partial charge on any atom is 0.266 e. The summed E-state index contributed by atoms with van der Waals surface area (Å²) in [5, 5.41) is 8.93. The zero-order valence-corrected chi connectivity index (χ0v) is 12.8. The molecule has 1 heterocycles. The summed E-state index contributed by atoms with van der Waals surface area (Å²) in [6, 6.07) is 4.93. The number of hydrogen-bond donors (Lipinski definition) is 2. The van der Waals surface area contributed by atoms with Crippen LogP contribution in [0.25, 0.3) is 0 Å². The number of nitrogens with one attached hydrogen (secondary N) is 1. The lowest BCUT2D eigenvalue weighted by atomic mass is 10.2. The lowest BCUT2D eigenvalue weighted by Gasteiger charge is -2.09. The fourth-order valence-electron chi connectivity index (χ4n) is 1.60. The minimum absolute atomic E-state index is 0.00573. The molecular formula is C12H11BrFNO4S. The predicted octanol–water partition coefficient (Wildman–Crippen LogP) is 2.78. The summed E-state index contributed by atoms with van der Waals surface area (Å²) in [5.41, 5.74) is 0.723. The van der Waals surface area contributed by atoms with E-state index >= 15 is 0 Å². The summed E-state index contributed by atoms with van der Waals surface area (Å²) >= 11 is 2.98. The highest BCUT2D eigenvalue weighted by atomic mass is 79.9. The standard InChI is InChI=1S/C12H11BrFNO4S/c1-7-4-8(14)2-3-10(7)15-20(17,18)11-5-9(6-16)19-12(11)13/h2-5,15-16H,6H2,1H3. The first-order valence-electron chi connectivity index (χ1n) is 5.51. The summed E-state index contributed by atoms with van der Waals surface area (Å²) in [5.74, 6) is -0.328. The molecule has 0 aliphatic rings. The molecule has 108 valence electrons. The molecule has 1 aromatic carbocycles. The van der Waals surface area contributed by atoms with Crippen molar-refractivity contribution in [1.29, 1.82) is 0 Å². The maximum absolute atomic E-state index is 13.0. The second kappa shape index (κ2) is 5.55. The van der Waals surface area contributed by atoms with E-state index < -0.39 is 22.4 Å². The van der Waals surface area contributed by atoms with Crippen LogP contribution in [0.15, 0.2) is 38.2 Å². The van der Waals surface area contributed by atoms with Crippen LogP contribution in [0.1, 0.15) is 11.3 Å². The molecule has 20 heavy (non-hydrogen) atoms. The van der Waals surface area contributed by atoms with Crippen molar-refractivity contribution in [3.05, 3.63) is 46.1 Å². The minimum atomic E-state index is -3.89. The number of furan rings is 1. The Morgan fingerprint density at radius 3 is 2.65 bits per heavy atom. The zero-order chi connectivity index (χ0) is 14.9. The van der Waals surface area contributed by atoms with Gasteiger partial charge in [0.2, 0.25) is 0 Å². The number of rotatable bonds is 4. The molecule has 0 radical (unpaired) electrons. The molecule has 2 aromatic rings. The monoisotopic (exact) mass is 363 g/mol. The predicted molar refractivity (Wildman–Crippen MR) is 74.3 cm³/mol. The van der Waals surface area contributed by atoms with Gasteiger partial charge in [-0.1, -0.05) is 0 Å². The van der Waals surface area contributed by atoms with Gasteiger partial charge in [-0.05, 0) is 46.6 Å². The van der Waals surface area contributed by atoms with Crippen molar-refractivity contribution in [2.45, 2.75) is 18.4 Å². The number of anilines is 1. The van der Waals surface area contributed by atoms with Crippen LogP contribution in [0.3, 0.4) is 0 Å². The van der Waals surface area contributed by atoms with Gasteiger partial charge in [0.1, 0.15) is 23.1 Å². The first-order valence-corrected chi connectivity index (χ1v) is 7.79. The molecule has 0 unspecified atom stereocenters. The van der Waals surface area contributed by atoms with Crippen molar-refractivity contribution in [1.82, 2.24) is 0 Å². The van der Waals surface area contributed by atoms with E-state index in [0.29, 0.717) is 5.56 Å². The Bertz CT molecular complexity index is 742. The van der Waals surface area contributed by atoms with E-state index in [1.54, 1.807) is 6.92 Å². The molecule has 0 saturated carbocycles. The topological polar surface area (TPSA) is 79.5 Å². The molecular weight excluding hydrogens is 353 g/mol. The highest BCUT2D eigenvalue weighted by molar-refractivity contribution is 9.10. The molecule has 2 rings (SSSR count). The number of hydrogen-bond acceptors (Lipinski definition) is 4. The van der Waals surface area contributed by atoms with Crippen LogP contribution in [-0.4, -0.2) is 13.5 Å². The lowest BCUT2D eigenvalue weighted by Crippen LogP contribution is -2.13. The molecule has 8 heteroatoms. The Morgan fingerprint density at radius 2 is 2.10 bits per heavy atom. The molecule has 0 fully saturated rings. The lowest BCUT2D eigenvalue weighted by molar-refractivity contribution is 0.245. The van der Waals surface area contributed by atoms with Gasteiger partial charge in [0, 0.05) is 6.07 Å². The van der Waals surface area contributed by atoms with Crippen molar-refractivity contribution in [3.8, 4) is 0 Å². The van der Waals surface area contributed by atoms with Gasteiger partial charge in [-0.2, -0.15) is 0 Å². The average Bonchev–Trinajstić information content (AvgIpc) is 2.75. The summed E-state index contributed by atoms with van der Waals surface area (Å²) < 4.78 is 44.8. The van der Waals surface area contributed by atoms with Crippen LogP contribution in [-0.2, 0) is 16.6 Å². The van der Waals surface area contributed by atoms with E-state index in [1.165, 1.54) is 18.2 Å². The number of aryl methyl sites for hydroxylation is 1. The van der Waals surface area contributed by atoms with Crippen molar-refractivity contribution in [2.75, 3.05) is 4.72 Å². The minimum Gasteiger partial charge on any atom is -0.450 e. The Hall–Kier alpha value is -1.38. The summed E-state index contributed by atoms with van der Waals surface area (Å²) in [6.45, 7) is 1.17. The fourth-order valence-corrected chi connectivity index (χ4v) is 3.73. The number of aliphatic hydroxyl groups is 1. The van der Waals surface area contributed by atoms with Crippen molar-refractivity contribution in [2.24, 2.45) is 0 Å². The quantitative estimate of drug-likeness (QED) is 0.875. The summed E-state index contributed by atoms with van der Waals surface area (Å²) in [4.78, 5) is -0.134. The van der Waals surface area contributed by atoms with Gasteiger partial charge in [-0.25, -0.2) is 12.8 Å². The molecule has 5 nitrogen and oxygen atoms in total. The normalized spacial score (nSPS) is 11.6. The van der Waals surface area contributed by atoms with Crippen LogP contribution in [0.2, 0.25) is 0 Å². The third-order valence-corrected chi connectivity index (χ3v) is 4.81. The number of aliphatic hydroxyl groups excluding tert-OH is 1. The number of sulfonamides is 1. The molecule has 0 bridgehead atoms. The van der Waals surface area contributed by atoms with Crippen LogP contribution in [0.4, 0.5) is 10.1 Å². The zero-order valence-electron chi connectivity index (χ0n) is 10.4. The molecule has 0 saturated heterocycles. The number of halogens is 2. The van der Waals surface area contributed by atoms with Crippen LogP contribution in [0.5, 0.6) is 0 Å². The van der Waals surface area contributed by atoms with Crippen molar-refractivity contribution < 1.29 is 22.3 Å². The Balaban J connectivity index is 2.38. The Kier molecular flexibility index (Phi) is 4.17. The Morgan fingerprint density at radius 1 is 1.40 bits per heavy atom. The SMILES string of the molecule is Cc1cc(F)ccc1NS(=O)(=O)c1cc(CO)oc1Br. The van der Waals surface area contributed by atoms with Gasteiger partial charge in [-0.15, -0.1) is 0 Å². The van der Waals surface area contributed by atoms with Crippen molar-refractivity contribution >= 4 is 31.6 Å². The molecule has 1 aromatic heterocycles. The second-order valence-electron chi connectivity index (χ2n) is 4.07. The average molecular weight is 364 g/mol. The van der Waals surface area contributed by atoms with E-state index in [0.717, 1.165) is 6.07 Å². The summed E-state index contributed by atoms with van der Waals surface area (Å²) in [7, 11) is -3.89. The molecule has 0 amide bonds. The largest absolute Gasteiger partial charge is 0.450 e. The highest BCUT2D eigenvalue weighted by Gasteiger charge is 2.23. The summed E-state index contributed by atoms with van der Waals surface area (Å²) in [6.07, 6.45) is 0. The smallest absolute Gasteiger partial charge is 0.266 e. The van der Waals surface area contributed by atoms with Crippen LogP contribution >= 0.6 is 15.9 Å². The van der Waals surface area contributed by atoms with E-state index in [9.17, 15) is 12.8 Å². The van der Waals surface area contributed by atoms with Gasteiger partial charge >= 0.3 is 0 Å². The molecule has 0 aliphatic carbocycles. The fraction of sp³-hybridized carbons (Fsp3) is 0.167. The first-order chi connectivity index (χ1) is 9.33. The molecule has 2 N–H and O–H groups in total. The maximum atomic E-state index is 13.0. The molecule has 0 aliphatic heterocycles. The van der Waals surface area contributed by atoms with E-state index in [-0.39, 0.29) is 21.0 Å². The third-order valence-electron chi connectivity index (χ3n) is 2.58. The third kappa shape index (κ3) is 3.02. The van der Waals surface area contributed by atoms with Gasteiger partial charge in [0.15, 0.2) is 4.67 Å². The second-order valence-corrected chi connectivity index (χ2v) is 6.44. The van der Waals surface area contributed by atoms with Gasteiger partial charge in [0.25, 0.3) is 10.0 Å². The molecule has 0 atom stereocenters. The van der Waals surface area contributed by atoms with E-state index in [4.69, 9.17) is 9.52 Å².